The average Bonchev–Trinajstić information content (AvgIpc) is 2.48. The molecule has 2 rings (SSSR count). The van der Waals surface area contributed by atoms with Crippen molar-refractivity contribution in [2.45, 2.75) is 25.8 Å². The Kier molecular flexibility index (Phi) is 4.56. The van der Waals surface area contributed by atoms with Crippen molar-refractivity contribution in [3.8, 4) is 5.75 Å². The first-order chi connectivity index (χ1) is 10.1. The predicted octanol–water partition coefficient (Wildman–Crippen LogP) is 0.476. The van der Waals surface area contributed by atoms with Gasteiger partial charge >= 0.3 is 0 Å². The number of rotatable bonds is 5. The number of nitrogens with one attached hydrogen (secondary N) is 2. The third-order valence-corrected chi connectivity index (χ3v) is 3.31. The average molecular weight is 293 g/mol. The molecule has 2 amide bonds. The van der Waals surface area contributed by atoms with Crippen molar-refractivity contribution in [1.82, 2.24) is 14.9 Å². The van der Waals surface area contributed by atoms with Gasteiger partial charge in [-0.3, -0.25) is 14.5 Å². The molecule has 8 heteroatoms. The van der Waals surface area contributed by atoms with E-state index in [0.29, 0.717) is 36.8 Å². The van der Waals surface area contributed by atoms with Crippen molar-refractivity contribution in [3.63, 3.8) is 0 Å². The van der Waals surface area contributed by atoms with E-state index in [1.807, 2.05) is 6.92 Å². The smallest absolute Gasteiger partial charge is 0.251 e. The molecule has 1 aliphatic rings. The third-order valence-electron chi connectivity index (χ3n) is 3.31. The first-order valence-electron chi connectivity index (χ1n) is 6.78. The molecule has 1 saturated heterocycles. The summed E-state index contributed by atoms with van der Waals surface area (Å²) in [5.74, 6) is 1.01. The summed E-state index contributed by atoms with van der Waals surface area (Å²) in [7, 11) is 3.00. The lowest BCUT2D eigenvalue weighted by Crippen LogP contribution is -2.48. The molecule has 0 aromatic carbocycles. The van der Waals surface area contributed by atoms with E-state index in [9.17, 15) is 9.59 Å². The summed E-state index contributed by atoms with van der Waals surface area (Å²) >= 11 is 0. The quantitative estimate of drug-likeness (QED) is 0.762. The molecular weight excluding hydrogens is 274 g/mol. The molecule has 21 heavy (non-hydrogen) atoms. The van der Waals surface area contributed by atoms with Crippen molar-refractivity contribution < 1.29 is 14.3 Å². The maximum Gasteiger partial charge on any atom is 0.251 e. The van der Waals surface area contributed by atoms with E-state index in [2.05, 4.69) is 20.6 Å². The first-order valence-corrected chi connectivity index (χ1v) is 6.78. The molecule has 8 nitrogen and oxygen atoms in total. The SMILES string of the molecule is CCNc1ncnc(NC2CCC(=O)N(C)C2=O)c1OC. The lowest BCUT2D eigenvalue weighted by Gasteiger charge is -2.28. The summed E-state index contributed by atoms with van der Waals surface area (Å²) in [5.41, 5.74) is 0. The van der Waals surface area contributed by atoms with Crippen molar-refractivity contribution in [3.05, 3.63) is 6.33 Å². The summed E-state index contributed by atoms with van der Waals surface area (Å²) in [4.78, 5) is 32.9. The monoisotopic (exact) mass is 293 g/mol. The van der Waals surface area contributed by atoms with Crippen LogP contribution in [0.4, 0.5) is 11.6 Å². The van der Waals surface area contributed by atoms with Crippen LogP contribution in [0.3, 0.4) is 0 Å². The molecule has 1 fully saturated rings. The van der Waals surface area contributed by atoms with Crippen LogP contribution in [0, 0.1) is 0 Å². The van der Waals surface area contributed by atoms with E-state index in [4.69, 9.17) is 4.74 Å². The fourth-order valence-electron chi connectivity index (χ4n) is 2.18. The molecule has 1 aromatic heterocycles. The van der Waals surface area contributed by atoms with Crippen molar-refractivity contribution in [2.75, 3.05) is 31.3 Å². The second-order valence-corrected chi connectivity index (χ2v) is 4.66. The molecule has 1 unspecified atom stereocenters. The Balaban J connectivity index is 2.21. The van der Waals surface area contributed by atoms with Crippen LogP contribution >= 0.6 is 0 Å². The molecule has 0 aliphatic carbocycles. The Hall–Kier alpha value is -2.38. The maximum absolute atomic E-state index is 12.1. The highest BCUT2D eigenvalue weighted by Gasteiger charge is 2.32. The van der Waals surface area contributed by atoms with Crippen LogP contribution < -0.4 is 15.4 Å². The number of methoxy groups -OCH3 is 1. The number of carbonyl (C=O) groups excluding carboxylic acids is 2. The largest absolute Gasteiger partial charge is 0.490 e. The van der Waals surface area contributed by atoms with Crippen LogP contribution in [0.25, 0.3) is 0 Å². The number of carbonyl (C=O) groups is 2. The fourth-order valence-corrected chi connectivity index (χ4v) is 2.18. The Labute approximate surface area is 122 Å². The number of aromatic nitrogens is 2. The highest BCUT2D eigenvalue weighted by atomic mass is 16.5. The lowest BCUT2D eigenvalue weighted by atomic mass is 10.0. The first kappa shape index (κ1) is 15.0. The number of amides is 2. The zero-order valence-corrected chi connectivity index (χ0v) is 12.3. The molecule has 0 bridgehead atoms. The zero-order valence-electron chi connectivity index (χ0n) is 12.3. The second-order valence-electron chi connectivity index (χ2n) is 4.66. The number of piperidine rings is 1. The molecule has 114 valence electrons. The van der Waals surface area contributed by atoms with Gasteiger partial charge in [-0.05, 0) is 13.3 Å². The number of ether oxygens (including phenoxy) is 1. The van der Waals surface area contributed by atoms with E-state index in [-0.39, 0.29) is 11.8 Å². The minimum atomic E-state index is -0.494. The van der Waals surface area contributed by atoms with Crippen LogP contribution in [0.2, 0.25) is 0 Å². The highest BCUT2D eigenvalue weighted by Crippen LogP contribution is 2.30. The standard InChI is InChI=1S/C13H19N5O3/c1-4-14-11-10(21-3)12(16-7-15-11)17-8-5-6-9(19)18(2)13(8)20/h7-8H,4-6H2,1-3H3,(H2,14,15,16,17). The van der Waals surface area contributed by atoms with Gasteiger partial charge in [0.25, 0.3) is 5.91 Å². The number of likely N-dealkylation sites (tertiary alicyclic amines) is 1. The number of likely N-dealkylation sites (N-methyl/N-ethyl adjacent to an activating group) is 1. The highest BCUT2D eigenvalue weighted by molar-refractivity contribution is 6.01. The molecule has 0 spiro atoms. The van der Waals surface area contributed by atoms with Crippen molar-refractivity contribution in [1.29, 1.82) is 0 Å². The molecule has 2 N–H and O–H groups in total. The van der Waals surface area contributed by atoms with Crippen LogP contribution in [0.15, 0.2) is 6.33 Å². The Morgan fingerprint density at radius 2 is 2.10 bits per heavy atom. The summed E-state index contributed by atoms with van der Waals surface area (Å²) in [6.07, 6.45) is 2.16. The van der Waals surface area contributed by atoms with E-state index in [1.54, 1.807) is 0 Å². The van der Waals surface area contributed by atoms with Crippen molar-refractivity contribution >= 4 is 23.5 Å². The molecule has 1 atom stereocenters. The maximum atomic E-state index is 12.1. The van der Waals surface area contributed by atoms with Crippen LogP contribution in [0.1, 0.15) is 19.8 Å². The molecule has 1 aromatic rings. The van der Waals surface area contributed by atoms with Gasteiger partial charge in [0.2, 0.25) is 11.7 Å². The number of hydrogen-bond donors (Lipinski definition) is 2. The molecule has 2 heterocycles. The third kappa shape index (κ3) is 3.04. The van der Waals surface area contributed by atoms with Gasteiger partial charge < -0.3 is 15.4 Å². The lowest BCUT2D eigenvalue weighted by molar-refractivity contribution is -0.146. The minimum Gasteiger partial charge on any atom is -0.490 e. The van der Waals surface area contributed by atoms with Gasteiger partial charge in [0.05, 0.1) is 7.11 Å². The molecule has 1 aliphatic heterocycles. The van der Waals surface area contributed by atoms with Crippen LogP contribution in [-0.2, 0) is 9.59 Å². The van der Waals surface area contributed by atoms with Gasteiger partial charge in [-0.2, -0.15) is 0 Å². The van der Waals surface area contributed by atoms with Gasteiger partial charge in [-0.1, -0.05) is 0 Å². The molecule has 0 saturated carbocycles. The minimum absolute atomic E-state index is 0.166. The van der Waals surface area contributed by atoms with Gasteiger partial charge in [0, 0.05) is 20.0 Å². The van der Waals surface area contributed by atoms with E-state index in [0.717, 1.165) is 4.90 Å². The number of hydrogen-bond acceptors (Lipinski definition) is 7. The Morgan fingerprint density at radius 1 is 1.38 bits per heavy atom. The van der Waals surface area contributed by atoms with Gasteiger partial charge in [-0.25, -0.2) is 9.97 Å². The van der Waals surface area contributed by atoms with Gasteiger partial charge in [0.1, 0.15) is 12.4 Å². The van der Waals surface area contributed by atoms with Gasteiger partial charge in [0.15, 0.2) is 11.6 Å². The number of nitrogens with zero attached hydrogens (tertiary/aromatic N) is 3. The molecular formula is C13H19N5O3. The Morgan fingerprint density at radius 3 is 2.76 bits per heavy atom. The normalized spacial score (nSPS) is 18.6. The van der Waals surface area contributed by atoms with Crippen LogP contribution in [-0.4, -0.2) is 53.4 Å². The number of imide groups is 1. The summed E-state index contributed by atoms with van der Waals surface area (Å²) in [6, 6.07) is -0.494. The van der Waals surface area contributed by atoms with Crippen LogP contribution in [0.5, 0.6) is 5.75 Å². The van der Waals surface area contributed by atoms with E-state index in [1.165, 1.54) is 20.5 Å². The zero-order chi connectivity index (χ0) is 15.4. The van der Waals surface area contributed by atoms with Crippen molar-refractivity contribution in [2.24, 2.45) is 0 Å². The predicted molar refractivity (Wildman–Crippen MR) is 77.2 cm³/mol. The van der Waals surface area contributed by atoms with E-state index < -0.39 is 6.04 Å². The summed E-state index contributed by atoms with van der Waals surface area (Å²) in [5, 5.41) is 6.11. The topological polar surface area (TPSA) is 96.5 Å². The Bertz CT molecular complexity index is 549. The van der Waals surface area contributed by atoms with Gasteiger partial charge in [-0.15, -0.1) is 0 Å². The van der Waals surface area contributed by atoms with E-state index >= 15 is 0 Å². The second kappa shape index (κ2) is 6.38. The summed E-state index contributed by atoms with van der Waals surface area (Å²) in [6.45, 7) is 2.63. The summed E-state index contributed by atoms with van der Waals surface area (Å²) < 4.78 is 5.31. The molecule has 0 radical (unpaired) electrons. The fraction of sp³-hybridized carbons (Fsp3) is 0.538. The number of anilines is 2.